The second-order valence-electron chi connectivity index (χ2n) is 9.79. The largest absolute Gasteiger partial charge is 0.497 e. The van der Waals surface area contributed by atoms with Crippen LogP contribution in [0.2, 0.25) is 0 Å². The van der Waals surface area contributed by atoms with Crippen LogP contribution in [0.4, 0.5) is 10.1 Å². The minimum atomic E-state index is -1.46. The van der Waals surface area contributed by atoms with Crippen molar-refractivity contribution in [3.05, 3.63) is 138 Å². The number of aliphatic hydroxyl groups is 1. The molecule has 0 radical (unpaired) electrons. The van der Waals surface area contributed by atoms with E-state index < -0.39 is 17.3 Å². The SMILES string of the molecule is COc1ccc([C@H]2C=C(c3ccccc3)[C@@]3(C(=O)N(c4ccc(F)cc4)N=C3c3ccccc3)[C@@H](O)C2)cc1. The van der Waals surface area contributed by atoms with Gasteiger partial charge in [0.1, 0.15) is 17.0 Å². The number of ether oxygens (including phenoxy) is 1. The molecule has 0 saturated carbocycles. The van der Waals surface area contributed by atoms with Crippen molar-refractivity contribution in [2.75, 3.05) is 12.1 Å². The number of allylic oxidation sites excluding steroid dienone is 1. The zero-order valence-electron chi connectivity index (χ0n) is 21.4. The van der Waals surface area contributed by atoms with E-state index in [4.69, 9.17) is 9.84 Å². The minimum absolute atomic E-state index is 0.142. The lowest BCUT2D eigenvalue weighted by atomic mass is 9.61. The Morgan fingerprint density at radius 3 is 2.10 bits per heavy atom. The molecule has 0 bridgehead atoms. The Hall–Kier alpha value is -4.55. The number of hydrogen-bond acceptors (Lipinski definition) is 4. The summed E-state index contributed by atoms with van der Waals surface area (Å²) in [5.41, 5.74) is 2.71. The minimum Gasteiger partial charge on any atom is -0.497 e. The number of rotatable bonds is 5. The van der Waals surface area contributed by atoms with E-state index in [1.165, 1.54) is 29.3 Å². The third kappa shape index (κ3) is 4.14. The smallest absolute Gasteiger partial charge is 0.266 e. The first-order valence-electron chi connectivity index (χ1n) is 12.9. The van der Waals surface area contributed by atoms with Gasteiger partial charge in [0, 0.05) is 5.92 Å². The van der Waals surface area contributed by atoms with Crippen LogP contribution in [0.5, 0.6) is 5.75 Å². The molecule has 6 rings (SSSR count). The molecular weight excluding hydrogens is 491 g/mol. The molecule has 0 saturated heterocycles. The van der Waals surface area contributed by atoms with Gasteiger partial charge in [-0.3, -0.25) is 4.79 Å². The summed E-state index contributed by atoms with van der Waals surface area (Å²) in [7, 11) is 1.62. The standard InChI is InChI=1S/C33H27FN2O3/c1-39-28-18-12-22(13-19-28)25-20-29(23-8-4-2-5-9-23)33(30(37)21-25)31(24-10-6-3-7-11-24)35-36(32(33)38)27-16-14-26(34)15-17-27/h2-20,25,30,37H,21H2,1H3/t25-,30-,33+/m0/s1. The highest BCUT2D eigenvalue weighted by molar-refractivity contribution is 6.32. The van der Waals surface area contributed by atoms with Gasteiger partial charge in [-0.15, -0.1) is 0 Å². The number of halogens is 1. The zero-order valence-corrected chi connectivity index (χ0v) is 21.4. The summed E-state index contributed by atoms with van der Waals surface area (Å²) in [4.78, 5) is 14.6. The Balaban J connectivity index is 1.58. The normalized spacial score (nSPS) is 22.5. The van der Waals surface area contributed by atoms with Gasteiger partial charge < -0.3 is 9.84 Å². The lowest BCUT2D eigenvalue weighted by Crippen LogP contribution is -2.52. The molecular formula is C33H27FN2O3. The molecule has 0 fully saturated rings. The molecule has 39 heavy (non-hydrogen) atoms. The van der Waals surface area contributed by atoms with Gasteiger partial charge in [0.25, 0.3) is 5.91 Å². The molecule has 1 amide bonds. The average molecular weight is 519 g/mol. The maximum absolute atomic E-state index is 14.6. The number of benzene rings is 4. The number of nitrogens with zero attached hydrogens (tertiary/aromatic N) is 2. The van der Waals surface area contributed by atoms with Crippen molar-refractivity contribution in [3.63, 3.8) is 0 Å². The van der Waals surface area contributed by atoms with Gasteiger partial charge in [-0.05, 0) is 65.1 Å². The molecule has 2 aliphatic rings. The zero-order chi connectivity index (χ0) is 27.0. The fourth-order valence-corrected chi connectivity index (χ4v) is 5.70. The fraction of sp³-hybridized carbons (Fsp3) is 0.152. The highest BCUT2D eigenvalue weighted by Crippen LogP contribution is 2.53. The lowest BCUT2D eigenvalue weighted by Gasteiger charge is -2.41. The van der Waals surface area contributed by atoms with Crippen molar-refractivity contribution in [3.8, 4) is 5.75 Å². The second kappa shape index (κ2) is 9.97. The number of carbonyl (C=O) groups excluding carboxylic acids is 1. The van der Waals surface area contributed by atoms with Crippen LogP contribution in [-0.2, 0) is 4.79 Å². The van der Waals surface area contributed by atoms with Crippen LogP contribution < -0.4 is 9.75 Å². The lowest BCUT2D eigenvalue weighted by molar-refractivity contribution is -0.125. The molecule has 5 nitrogen and oxygen atoms in total. The van der Waals surface area contributed by atoms with Gasteiger partial charge in [-0.1, -0.05) is 78.9 Å². The fourth-order valence-electron chi connectivity index (χ4n) is 5.70. The number of methoxy groups -OCH3 is 1. The molecule has 1 N–H and O–H groups in total. The maximum Gasteiger partial charge on any atom is 0.266 e. The number of anilines is 1. The first-order valence-corrected chi connectivity index (χ1v) is 12.9. The van der Waals surface area contributed by atoms with Crippen LogP contribution in [0.25, 0.3) is 5.57 Å². The quantitative estimate of drug-likeness (QED) is 0.342. The predicted octanol–water partition coefficient (Wildman–Crippen LogP) is 6.20. The summed E-state index contributed by atoms with van der Waals surface area (Å²) in [6, 6.07) is 32.6. The monoisotopic (exact) mass is 518 g/mol. The molecule has 3 atom stereocenters. The summed E-state index contributed by atoms with van der Waals surface area (Å²) < 4.78 is 19.1. The Labute approximate surface area is 226 Å². The molecule has 0 aromatic heterocycles. The highest BCUT2D eigenvalue weighted by Gasteiger charge is 2.61. The molecule has 1 aliphatic heterocycles. The van der Waals surface area contributed by atoms with E-state index in [2.05, 4.69) is 6.08 Å². The summed E-state index contributed by atoms with van der Waals surface area (Å²) >= 11 is 0. The third-order valence-electron chi connectivity index (χ3n) is 7.62. The predicted molar refractivity (Wildman–Crippen MR) is 150 cm³/mol. The van der Waals surface area contributed by atoms with Crippen LogP contribution in [-0.4, -0.2) is 29.9 Å². The summed E-state index contributed by atoms with van der Waals surface area (Å²) in [5.74, 6) is -0.171. The highest BCUT2D eigenvalue weighted by atomic mass is 19.1. The van der Waals surface area contributed by atoms with E-state index in [0.29, 0.717) is 23.4 Å². The molecule has 1 heterocycles. The van der Waals surface area contributed by atoms with Crippen LogP contribution in [0.3, 0.4) is 0 Å². The number of hydrazone groups is 1. The molecule has 4 aromatic rings. The number of aliphatic hydroxyl groups excluding tert-OH is 1. The molecule has 1 aliphatic carbocycles. The Bertz CT molecular complexity index is 1550. The van der Waals surface area contributed by atoms with Crippen molar-refractivity contribution in [2.24, 2.45) is 10.5 Å². The van der Waals surface area contributed by atoms with Crippen LogP contribution in [0, 0.1) is 11.2 Å². The maximum atomic E-state index is 14.6. The topological polar surface area (TPSA) is 62.1 Å². The first kappa shape index (κ1) is 24.8. The van der Waals surface area contributed by atoms with Crippen molar-refractivity contribution in [1.82, 2.24) is 0 Å². The van der Waals surface area contributed by atoms with E-state index in [-0.39, 0.29) is 11.8 Å². The van der Waals surface area contributed by atoms with E-state index in [1.54, 1.807) is 7.11 Å². The van der Waals surface area contributed by atoms with Gasteiger partial charge in [0.05, 0.1) is 24.6 Å². The van der Waals surface area contributed by atoms with Crippen molar-refractivity contribution in [2.45, 2.75) is 18.4 Å². The number of carbonyl (C=O) groups is 1. The molecule has 4 aromatic carbocycles. The number of hydrogen-bond donors (Lipinski definition) is 1. The van der Waals surface area contributed by atoms with Gasteiger partial charge in [0.2, 0.25) is 0 Å². The van der Waals surface area contributed by atoms with Crippen molar-refractivity contribution < 1.29 is 19.0 Å². The molecule has 0 unspecified atom stereocenters. The van der Waals surface area contributed by atoms with Crippen molar-refractivity contribution >= 4 is 22.9 Å². The average Bonchev–Trinajstić information content (AvgIpc) is 3.29. The van der Waals surface area contributed by atoms with E-state index >= 15 is 0 Å². The molecule has 1 spiro atoms. The van der Waals surface area contributed by atoms with E-state index in [0.717, 1.165) is 22.4 Å². The first-order chi connectivity index (χ1) is 19.0. The molecule has 194 valence electrons. The van der Waals surface area contributed by atoms with Gasteiger partial charge >= 0.3 is 0 Å². The summed E-state index contributed by atoms with van der Waals surface area (Å²) in [6.07, 6.45) is 1.33. The summed E-state index contributed by atoms with van der Waals surface area (Å²) in [6.45, 7) is 0. The van der Waals surface area contributed by atoms with E-state index in [9.17, 15) is 14.3 Å². The van der Waals surface area contributed by atoms with Gasteiger partial charge in [-0.2, -0.15) is 10.1 Å². The molecule has 6 heteroatoms. The van der Waals surface area contributed by atoms with Crippen LogP contribution >= 0.6 is 0 Å². The number of amides is 1. The Morgan fingerprint density at radius 1 is 0.872 bits per heavy atom. The second-order valence-corrected chi connectivity index (χ2v) is 9.79. The Kier molecular flexibility index (Phi) is 6.33. The van der Waals surface area contributed by atoms with Crippen molar-refractivity contribution in [1.29, 1.82) is 0 Å². The van der Waals surface area contributed by atoms with Gasteiger partial charge in [0.15, 0.2) is 0 Å². The van der Waals surface area contributed by atoms with Crippen LogP contribution in [0.15, 0.2) is 120 Å². The van der Waals surface area contributed by atoms with Gasteiger partial charge in [-0.25, -0.2) is 4.39 Å². The Morgan fingerprint density at radius 2 is 1.49 bits per heavy atom. The summed E-state index contributed by atoms with van der Waals surface area (Å²) in [5, 5.41) is 18.2. The van der Waals surface area contributed by atoms with Crippen LogP contribution in [0.1, 0.15) is 29.0 Å². The third-order valence-corrected chi connectivity index (χ3v) is 7.62. The van der Waals surface area contributed by atoms with E-state index in [1.807, 2.05) is 84.9 Å².